The molecule has 0 atom stereocenters. The van der Waals surface area contributed by atoms with Crippen molar-refractivity contribution in [2.45, 2.75) is 31.8 Å². The van der Waals surface area contributed by atoms with Gasteiger partial charge in [0.2, 0.25) is 0 Å². The van der Waals surface area contributed by atoms with Crippen molar-refractivity contribution in [3.63, 3.8) is 0 Å². The summed E-state index contributed by atoms with van der Waals surface area (Å²) in [6.45, 7) is 6.04. The lowest BCUT2D eigenvalue weighted by atomic mass is 10.2. The van der Waals surface area contributed by atoms with Crippen molar-refractivity contribution in [1.29, 1.82) is 0 Å². The molecule has 2 heterocycles. The van der Waals surface area contributed by atoms with E-state index in [-0.39, 0.29) is 6.10 Å². The van der Waals surface area contributed by atoms with Gasteiger partial charge in [-0.1, -0.05) is 6.07 Å². The SMILES string of the molecule is Cc1cc(NSc2ccc(OC(C)C)cc2)n(-c2cccc3ncccc23)n1. The minimum absolute atomic E-state index is 0.170. The maximum atomic E-state index is 5.70. The zero-order chi connectivity index (χ0) is 19.5. The van der Waals surface area contributed by atoms with E-state index in [0.717, 1.165) is 38.7 Å². The van der Waals surface area contributed by atoms with Gasteiger partial charge in [-0.3, -0.25) is 4.98 Å². The van der Waals surface area contributed by atoms with E-state index in [4.69, 9.17) is 4.74 Å². The third kappa shape index (κ3) is 3.97. The summed E-state index contributed by atoms with van der Waals surface area (Å²) in [5.74, 6) is 1.80. The zero-order valence-electron chi connectivity index (χ0n) is 16.1. The molecule has 0 fully saturated rings. The van der Waals surface area contributed by atoms with Crippen LogP contribution in [0.2, 0.25) is 0 Å². The Bertz CT molecular complexity index is 1080. The van der Waals surface area contributed by atoms with Crippen molar-refractivity contribution < 1.29 is 4.74 Å². The van der Waals surface area contributed by atoms with Crippen LogP contribution in [0.3, 0.4) is 0 Å². The molecule has 0 saturated carbocycles. The van der Waals surface area contributed by atoms with E-state index in [0.29, 0.717) is 0 Å². The normalized spacial score (nSPS) is 11.1. The number of ether oxygens (including phenoxy) is 1. The predicted molar refractivity (Wildman–Crippen MR) is 115 cm³/mol. The minimum Gasteiger partial charge on any atom is -0.491 e. The number of anilines is 1. The van der Waals surface area contributed by atoms with Crippen LogP contribution in [0.5, 0.6) is 5.75 Å². The molecule has 0 aliphatic rings. The molecule has 0 aliphatic carbocycles. The number of nitrogens with zero attached hydrogens (tertiary/aromatic N) is 3. The quantitative estimate of drug-likeness (QED) is 0.432. The second-order valence-corrected chi connectivity index (χ2v) is 7.65. The number of benzene rings is 2. The van der Waals surface area contributed by atoms with Gasteiger partial charge < -0.3 is 9.46 Å². The van der Waals surface area contributed by atoms with Gasteiger partial charge in [0, 0.05) is 22.5 Å². The van der Waals surface area contributed by atoms with E-state index in [1.165, 1.54) is 0 Å². The number of aromatic nitrogens is 3. The molecule has 28 heavy (non-hydrogen) atoms. The van der Waals surface area contributed by atoms with Crippen molar-refractivity contribution in [3.05, 3.63) is 72.6 Å². The van der Waals surface area contributed by atoms with Gasteiger partial charge in [-0.15, -0.1) is 0 Å². The number of fused-ring (bicyclic) bond motifs is 1. The van der Waals surface area contributed by atoms with E-state index < -0.39 is 0 Å². The zero-order valence-corrected chi connectivity index (χ0v) is 16.9. The molecular weight excluding hydrogens is 368 g/mol. The largest absolute Gasteiger partial charge is 0.491 e. The van der Waals surface area contributed by atoms with Crippen molar-refractivity contribution in [2.24, 2.45) is 0 Å². The lowest BCUT2D eigenvalue weighted by molar-refractivity contribution is 0.242. The van der Waals surface area contributed by atoms with Crippen LogP contribution in [-0.4, -0.2) is 20.9 Å². The third-order valence-corrected chi connectivity index (χ3v) is 4.97. The Morgan fingerprint density at radius 1 is 1.04 bits per heavy atom. The predicted octanol–water partition coefficient (Wildman–Crippen LogP) is 5.64. The summed E-state index contributed by atoms with van der Waals surface area (Å²) in [6.07, 6.45) is 1.98. The average Bonchev–Trinajstić information content (AvgIpc) is 3.07. The molecular formula is C22H22N4OS. The maximum Gasteiger partial charge on any atom is 0.140 e. The average molecular weight is 391 g/mol. The standard InChI is InChI=1S/C22H22N4OS/c1-15(2)27-17-9-11-18(12-10-17)28-25-22-14-16(3)24-26(22)21-8-4-7-20-19(21)6-5-13-23-20/h4-15,25H,1-3H3. The molecule has 0 saturated heterocycles. The lowest BCUT2D eigenvalue weighted by Crippen LogP contribution is -2.05. The molecule has 0 spiro atoms. The number of hydrogen-bond acceptors (Lipinski definition) is 5. The molecule has 0 bridgehead atoms. The van der Waals surface area contributed by atoms with Crippen LogP contribution in [0.4, 0.5) is 5.82 Å². The molecule has 0 unspecified atom stereocenters. The van der Waals surface area contributed by atoms with Crippen LogP contribution in [0, 0.1) is 6.92 Å². The summed E-state index contributed by atoms with van der Waals surface area (Å²) < 4.78 is 11.1. The van der Waals surface area contributed by atoms with E-state index in [1.54, 1.807) is 11.9 Å². The molecule has 0 radical (unpaired) electrons. The molecule has 1 N–H and O–H groups in total. The number of nitrogens with one attached hydrogen (secondary N) is 1. The van der Waals surface area contributed by atoms with Gasteiger partial charge in [-0.05, 0) is 81.3 Å². The Hall–Kier alpha value is -2.99. The van der Waals surface area contributed by atoms with Gasteiger partial charge in [0.1, 0.15) is 11.6 Å². The van der Waals surface area contributed by atoms with Gasteiger partial charge in [0.15, 0.2) is 0 Å². The highest BCUT2D eigenvalue weighted by molar-refractivity contribution is 8.00. The fraction of sp³-hybridized carbons (Fsp3) is 0.182. The Morgan fingerprint density at radius 3 is 2.64 bits per heavy atom. The van der Waals surface area contributed by atoms with Crippen LogP contribution < -0.4 is 9.46 Å². The van der Waals surface area contributed by atoms with Crippen LogP contribution >= 0.6 is 11.9 Å². The molecule has 0 aliphatic heterocycles. The van der Waals surface area contributed by atoms with Gasteiger partial charge in [-0.2, -0.15) is 5.10 Å². The highest BCUT2D eigenvalue weighted by Crippen LogP contribution is 2.28. The Labute approximate surface area is 168 Å². The van der Waals surface area contributed by atoms with Crippen molar-refractivity contribution in [2.75, 3.05) is 4.72 Å². The first-order chi connectivity index (χ1) is 13.6. The summed E-state index contributed by atoms with van der Waals surface area (Å²) in [7, 11) is 0. The first kappa shape index (κ1) is 18.4. The third-order valence-electron chi connectivity index (χ3n) is 4.15. The Kier molecular flexibility index (Phi) is 5.21. The summed E-state index contributed by atoms with van der Waals surface area (Å²) in [4.78, 5) is 5.55. The summed E-state index contributed by atoms with van der Waals surface area (Å²) in [6, 6.07) is 20.2. The van der Waals surface area contributed by atoms with Crippen LogP contribution in [-0.2, 0) is 0 Å². The Balaban J connectivity index is 1.58. The number of hydrogen-bond donors (Lipinski definition) is 1. The van der Waals surface area contributed by atoms with E-state index in [1.807, 2.05) is 80.2 Å². The maximum absolute atomic E-state index is 5.70. The number of pyridine rings is 1. The molecule has 142 valence electrons. The van der Waals surface area contributed by atoms with Gasteiger partial charge in [0.05, 0.1) is 23.0 Å². The van der Waals surface area contributed by atoms with Crippen molar-refractivity contribution in [1.82, 2.24) is 14.8 Å². The van der Waals surface area contributed by atoms with Crippen LogP contribution in [0.25, 0.3) is 16.6 Å². The topological polar surface area (TPSA) is 52.0 Å². The van der Waals surface area contributed by atoms with E-state index in [2.05, 4.69) is 26.9 Å². The Morgan fingerprint density at radius 2 is 1.86 bits per heavy atom. The van der Waals surface area contributed by atoms with Crippen molar-refractivity contribution >= 4 is 28.7 Å². The first-order valence-corrected chi connectivity index (χ1v) is 10.0. The highest BCUT2D eigenvalue weighted by Gasteiger charge is 2.11. The smallest absolute Gasteiger partial charge is 0.140 e. The molecule has 4 aromatic rings. The molecule has 5 nitrogen and oxygen atoms in total. The summed E-state index contributed by atoms with van der Waals surface area (Å²) >= 11 is 1.55. The first-order valence-electron chi connectivity index (χ1n) is 9.20. The van der Waals surface area contributed by atoms with Crippen LogP contribution in [0.15, 0.2) is 71.8 Å². The fourth-order valence-electron chi connectivity index (χ4n) is 3.00. The minimum atomic E-state index is 0.170. The molecule has 6 heteroatoms. The van der Waals surface area contributed by atoms with Gasteiger partial charge in [-0.25, -0.2) is 4.68 Å². The molecule has 2 aromatic heterocycles. The van der Waals surface area contributed by atoms with Crippen LogP contribution in [0.1, 0.15) is 19.5 Å². The second kappa shape index (κ2) is 7.94. The number of aryl methyl sites for hydroxylation is 1. The number of rotatable bonds is 6. The molecule has 4 rings (SSSR count). The van der Waals surface area contributed by atoms with E-state index >= 15 is 0 Å². The van der Waals surface area contributed by atoms with Crippen molar-refractivity contribution in [3.8, 4) is 11.4 Å². The summed E-state index contributed by atoms with van der Waals surface area (Å²) in [5.41, 5.74) is 2.90. The second-order valence-electron chi connectivity index (χ2n) is 6.77. The highest BCUT2D eigenvalue weighted by atomic mass is 32.2. The van der Waals surface area contributed by atoms with Gasteiger partial charge >= 0.3 is 0 Å². The molecule has 2 aromatic carbocycles. The van der Waals surface area contributed by atoms with Gasteiger partial charge in [0.25, 0.3) is 0 Å². The molecule has 0 amide bonds. The van der Waals surface area contributed by atoms with E-state index in [9.17, 15) is 0 Å². The monoisotopic (exact) mass is 390 g/mol. The fourth-order valence-corrected chi connectivity index (χ4v) is 3.64. The lowest BCUT2D eigenvalue weighted by Gasteiger charge is -2.12. The summed E-state index contributed by atoms with van der Waals surface area (Å²) in [5, 5.41) is 5.75.